The largest absolute Gasteiger partial charge is 0.378 e. The van der Waals surface area contributed by atoms with E-state index in [4.69, 9.17) is 4.74 Å². The smallest absolute Gasteiger partial charge is 0.221 e. The SMILES string of the molecule is O=C(CC1CSCCN1)NCCCOC1CCCC1. The fourth-order valence-electron chi connectivity index (χ4n) is 2.65. The highest BCUT2D eigenvalue weighted by Gasteiger charge is 2.17. The van der Waals surface area contributed by atoms with Crippen LogP contribution in [0.3, 0.4) is 0 Å². The Kier molecular flexibility index (Phi) is 7.03. The maximum atomic E-state index is 11.7. The Balaban J connectivity index is 1.44. The van der Waals surface area contributed by atoms with Crippen LogP contribution in [-0.2, 0) is 9.53 Å². The maximum Gasteiger partial charge on any atom is 0.221 e. The normalized spacial score (nSPS) is 24.5. The van der Waals surface area contributed by atoms with Gasteiger partial charge in [-0.3, -0.25) is 4.79 Å². The molecule has 1 aliphatic heterocycles. The highest BCUT2D eigenvalue weighted by atomic mass is 32.2. The average Bonchev–Trinajstić information content (AvgIpc) is 2.92. The van der Waals surface area contributed by atoms with Gasteiger partial charge in [-0.15, -0.1) is 0 Å². The lowest BCUT2D eigenvalue weighted by molar-refractivity contribution is -0.121. The molecule has 5 heteroatoms. The Hall–Kier alpha value is -0.260. The highest BCUT2D eigenvalue weighted by molar-refractivity contribution is 7.99. The zero-order valence-electron chi connectivity index (χ0n) is 11.7. The minimum absolute atomic E-state index is 0.167. The Morgan fingerprint density at radius 3 is 2.95 bits per heavy atom. The molecule has 2 aliphatic rings. The molecular weight excluding hydrogens is 260 g/mol. The van der Waals surface area contributed by atoms with Gasteiger partial charge in [0.05, 0.1) is 6.10 Å². The lowest BCUT2D eigenvalue weighted by atomic mass is 10.2. The summed E-state index contributed by atoms with van der Waals surface area (Å²) in [5.74, 6) is 2.38. The van der Waals surface area contributed by atoms with Gasteiger partial charge in [-0.2, -0.15) is 11.8 Å². The van der Waals surface area contributed by atoms with Gasteiger partial charge in [0.15, 0.2) is 0 Å². The molecule has 2 fully saturated rings. The third kappa shape index (κ3) is 6.15. The molecule has 0 radical (unpaired) electrons. The van der Waals surface area contributed by atoms with E-state index < -0.39 is 0 Å². The van der Waals surface area contributed by atoms with E-state index in [2.05, 4.69) is 10.6 Å². The van der Waals surface area contributed by atoms with Crippen LogP contribution in [0.4, 0.5) is 0 Å². The van der Waals surface area contributed by atoms with Gasteiger partial charge < -0.3 is 15.4 Å². The predicted molar refractivity (Wildman–Crippen MR) is 79.6 cm³/mol. The van der Waals surface area contributed by atoms with Crippen molar-refractivity contribution in [3.8, 4) is 0 Å². The standard InChI is InChI=1S/C14H26N2O2S/c17-14(10-12-11-19-9-7-15-12)16-6-3-8-18-13-4-1-2-5-13/h12-13,15H,1-11H2,(H,16,17). The van der Waals surface area contributed by atoms with Crippen molar-refractivity contribution in [1.29, 1.82) is 0 Å². The third-order valence-electron chi connectivity index (χ3n) is 3.73. The summed E-state index contributed by atoms with van der Waals surface area (Å²) >= 11 is 1.93. The fraction of sp³-hybridized carbons (Fsp3) is 0.929. The highest BCUT2D eigenvalue weighted by Crippen LogP contribution is 2.20. The van der Waals surface area contributed by atoms with E-state index in [0.717, 1.165) is 37.6 Å². The number of hydrogen-bond donors (Lipinski definition) is 2. The molecule has 110 valence electrons. The van der Waals surface area contributed by atoms with Crippen molar-refractivity contribution in [1.82, 2.24) is 10.6 Å². The lowest BCUT2D eigenvalue weighted by Crippen LogP contribution is -2.41. The number of carbonyl (C=O) groups excluding carboxylic acids is 1. The number of carbonyl (C=O) groups is 1. The number of thioether (sulfide) groups is 1. The van der Waals surface area contributed by atoms with Crippen LogP contribution < -0.4 is 10.6 Å². The van der Waals surface area contributed by atoms with Gasteiger partial charge in [0.25, 0.3) is 0 Å². The molecule has 0 spiro atoms. The molecule has 1 aliphatic carbocycles. The van der Waals surface area contributed by atoms with Crippen molar-refractivity contribution in [3.63, 3.8) is 0 Å². The number of rotatable bonds is 7. The Morgan fingerprint density at radius 1 is 1.37 bits per heavy atom. The molecule has 1 atom stereocenters. The number of nitrogens with one attached hydrogen (secondary N) is 2. The molecule has 0 bridgehead atoms. The van der Waals surface area contributed by atoms with Gasteiger partial charge in [-0.1, -0.05) is 12.8 Å². The Morgan fingerprint density at radius 2 is 2.21 bits per heavy atom. The van der Waals surface area contributed by atoms with Crippen molar-refractivity contribution in [2.45, 2.75) is 50.7 Å². The van der Waals surface area contributed by atoms with Crippen LogP contribution >= 0.6 is 11.8 Å². The van der Waals surface area contributed by atoms with E-state index in [1.165, 1.54) is 25.7 Å². The van der Waals surface area contributed by atoms with Gasteiger partial charge in [0, 0.05) is 43.7 Å². The minimum atomic E-state index is 0.167. The second-order valence-corrected chi connectivity index (χ2v) is 6.56. The first-order valence-corrected chi connectivity index (χ1v) is 8.69. The second kappa shape index (κ2) is 8.82. The van der Waals surface area contributed by atoms with Gasteiger partial charge in [0.1, 0.15) is 0 Å². The molecule has 1 saturated carbocycles. The van der Waals surface area contributed by atoms with E-state index in [1.807, 2.05) is 11.8 Å². The number of ether oxygens (including phenoxy) is 1. The van der Waals surface area contributed by atoms with E-state index in [9.17, 15) is 4.79 Å². The molecule has 2 N–H and O–H groups in total. The van der Waals surface area contributed by atoms with Crippen LogP contribution in [0.2, 0.25) is 0 Å². The summed E-state index contributed by atoms with van der Waals surface area (Å²) in [6, 6.07) is 0.355. The molecule has 19 heavy (non-hydrogen) atoms. The molecule has 0 aromatic rings. The Bertz CT molecular complexity index is 264. The van der Waals surface area contributed by atoms with Crippen LogP contribution in [0.5, 0.6) is 0 Å². The summed E-state index contributed by atoms with van der Waals surface area (Å²) < 4.78 is 5.77. The van der Waals surface area contributed by atoms with Gasteiger partial charge in [-0.05, 0) is 19.3 Å². The summed E-state index contributed by atoms with van der Waals surface area (Å²) in [5, 5.41) is 6.37. The monoisotopic (exact) mass is 286 g/mol. The minimum Gasteiger partial charge on any atom is -0.378 e. The van der Waals surface area contributed by atoms with Crippen molar-refractivity contribution < 1.29 is 9.53 Å². The summed E-state index contributed by atoms with van der Waals surface area (Å²) in [7, 11) is 0. The maximum absolute atomic E-state index is 11.7. The topological polar surface area (TPSA) is 50.4 Å². The lowest BCUT2D eigenvalue weighted by Gasteiger charge is -2.22. The first kappa shape index (κ1) is 15.1. The van der Waals surface area contributed by atoms with E-state index in [-0.39, 0.29) is 5.91 Å². The molecule has 1 heterocycles. The Labute approximate surface area is 120 Å². The molecule has 1 saturated heterocycles. The van der Waals surface area contributed by atoms with E-state index in [0.29, 0.717) is 18.6 Å². The summed E-state index contributed by atoms with van der Waals surface area (Å²) in [5.41, 5.74) is 0. The van der Waals surface area contributed by atoms with Crippen molar-refractivity contribution in [2.75, 3.05) is 31.2 Å². The first-order chi connectivity index (χ1) is 9.34. The van der Waals surface area contributed by atoms with Crippen LogP contribution in [0.25, 0.3) is 0 Å². The second-order valence-electron chi connectivity index (χ2n) is 5.41. The quantitative estimate of drug-likeness (QED) is 0.697. The molecule has 0 aromatic carbocycles. The summed E-state index contributed by atoms with van der Waals surface area (Å²) in [6.07, 6.45) is 7.08. The zero-order valence-corrected chi connectivity index (χ0v) is 12.5. The summed E-state index contributed by atoms with van der Waals surface area (Å²) in [4.78, 5) is 11.7. The van der Waals surface area contributed by atoms with E-state index >= 15 is 0 Å². The van der Waals surface area contributed by atoms with Crippen LogP contribution in [0.1, 0.15) is 38.5 Å². The number of hydrogen-bond acceptors (Lipinski definition) is 4. The molecular formula is C14H26N2O2S. The van der Waals surface area contributed by atoms with Crippen LogP contribution in [0.15, 0.2) is 0 Å². The first-order valence-electron chi connectivity index (χ1n) is 7.54. The van der Waals surface area contributed by atoms with Crippen molar-refractivity contribution in [2.24, 2.45) is 0 Å². The molecule has 4 nitrogen and oxygen atoms in total. The van der Waals surface area contributed by atoms with Crippen molar-refractivity contribution >= 4 is 17.7 Å². The van der Waals surface area contributed by atoms with Gasteiger partial charge in [-0.25, -0.2) is 0 Å². The van der Waals surface area contributed by atoms with Crippen LogP contribution in [-0.4, -0.2) is 49.3 Å². The van der Waals surface area contributed by atoms with Crippen molar-refractivity contribution in [3.05, 3.63) is 0 Å². The van der Waals surface area contributed by atoms with Crippen LogP contribution in [0, 0.1) is 0 Å². The average molecular weight is 286 g/mol. The predicted octanol–water partition coefficient (Wildman–Crippen LogP) is 1.55. The third-order valence-corrected chi connectivity index (χ3v) is 4.86. The number of amides is 1. The van der Waals surface area contributed by atoms with Gasteiger partial charge in [0.2, 0.25) is 5.91 Å². The molecule has 0 aromatic heterocycles. The zero-order chi connectivity index (χ0) is 13.3. The summed E-state index contributed by atoms with van der Waals surface area (Å²) in [6.45, 7) is 2.55. The van der Waals surface area contributed by atoms with Gasteiger partial charge >= 0.3 is 0 Å². The molecule has 1 unspecified atom stereocenters. The fourth-order valence-corrected chi connectivity index (χ4v) is 3.60. The molecule has 2 rings (SSSR count). The molecule has 1 amide bonds. The van der Waals surface area contributed by atoms with E-state index in [1.54, 1.807) is 0 Å².